The van der Waals surface area contributed by atoms with Crippen LogP contribution in [-0.4, -0.2) is 37.1 Å². The molecule has 0 bridgehead atoms. The van der Waals surface area contributed by atoms with Gasteiger partial charge in [0.1, 0.15) is 0 Å². The van der Waals surface area contributed by atoms with Gasteiger partial charge in [0.2, 0.25) is 0 Å². The molecule has 1 atom stereocenters. The molecular weight excluding hydrogens is 312 g/mol. The molecule has 0 aromatic heterocycles. The zero-order valence-electron chi connectivity index (χ0n) is 12.0. The molecule has 0 radical (unpaired) electrons. The summed E-state index contributed by atoms with van der Waals surface area (Å²) in [5.41, 5.74) is 0. The van der Waals surface area contributed by atoms with E-state index in [9.17, 15) is 22.5 Å². The number of esters is 1. The van der Waals surface area contributed by atoms with E-state index in [-0.39, 0.29) is 19.8 Å². The number of hydrogen-bond donors (Lipinski definition) is 0. The van der Waals surface area contributed by atoms with Crippen LogP contribution in [0.2, 0.25) is 0 Å². The molecule has 0 saturated heterocycles. The lowest BCUT2D eigenvalue weighted by Crippen LogP contribution is -2.53. The first-order valence-electron chi connectivity index (χ1n) is 6.23. The maximum absolute atomic E-state index is 13.5. The Bertz CT molecular complexity index is 433. The summed E-state index contributed by atoms with van der Waals surface area (Å²) in [7, 11) is -4.93. The van der Waals surface area contributed by atoms with Crippen molar-refractivity contribution in [3.63, 3.8) is 0 Å². The van der Waals surface area contributed by atoms with Gasteiger partial charge in [0.25, 0.3) is 5.16 Å². The Kier molecular flexibility index (Phi) is 7.45. The van der Waals surface area contributed by atoms with Crippen LogP contribution < -0.4 is 0 Å². The maximum atomic E-state index is 13.5. The normalized spacial score (nSPS) is 15.1. The number of ether oxygens (including phenoxy) is 1. The van der Waals surface area contributed by atoms with Crippen molar-refractivity contribution in [1.29, 1.82) is 0 Å². The van der Waals surface area contributed by atoms with Crippen molar-refractivity contribution >= 4 is 13.6 Å². The van der Waals surface area contributed by atoms with Crippen molar-refractivity contribution in [1.82, 2.24) is 0 Å². The standard InChI is InChI=1S/C12H18F3O5P/c1-5-9-11(12(13,14)15,10(16)18-6-2)21(17,19-7-3)20-8-4/h1H,6-9H2,2-4H3. The molecule has 0 heterocycles. The van der Waals surface area contributed by atoms with E-state index < -0.39 is 31.3 Å². The number of alkyl halides is 3. The summed E-state index contributed by atoms with van der Waals surface area (Å²) >= 11 is 0. The van der Waals surface area contributed by atoms with Crippen molar-refractivity contribution in [2.45, 2.75) is 38.5 Å². The number of carbonyl (C=O) groups excluding carboxylic acids is 1. The molecule has 21 heavy (non-hydrogen) atoms. The van der Waals surface area contributed by atoms with Crippen LogP contribution in [-0.2, 0) is 23.1 Å². The van der Waals surface area contributed by atoms with Crippen LogP contribution >= 0.6 is 7.60 Å². The molecule has 1 unspecified atom stereocenters. The van der Waals surface area contributed by atoms with E-state index in [0.29, 0.717) is 0 Å². The minimum atomic E-state index is -5.26. The molecule has 0 N–H and O–H groups in total. The number of rotatable bonds is 8. The zero-order chi connectivity index (χ0) is 16.7. The van der Waals surface area contributed by atoms with Crippen LogP contribution in [0.15, 0.2) is 0 Å². The van der Waals surface area contributed by atoms with Crippen LogP contribution in [0.4, 0.5) is 13.2 Å². The molecule has 0 spiro atoms. The average molecular weight is 330 g/mol. The molecule has 122 valence electrons. The van der Waals surface area contributed by atoms with Gasteiger partial charge in [-0.2, -0.15) is 13.2 Å². The van der Waals surface area contributed by atoms with E-state index in [1.54, 1.807) is 5.92 Å². The summed E-state index contributed by atoms with van der Waals surface area (Å²) in [4.78, 5) is 11.9. The third-order valence-electron chi connectivity index (χ3n) is 2.51. The number of hydrogen-bond acceptors (Lipinski definition) is 5. The second-order valence-electron chi connectivity index (χ2n) is 3.79. The first-order chi connectivity index (χ1) is 9.66. The monoisotopic (exact) mass is 330 g/mol. The summed E-state index contributed by atoms with van der Waals surface area (Å²) in [5.74, 6) is -0.0393. The average Bonchev–Trinajstić information content (AvgIpc) is 2.34. The van der Waals surface area contributed by atoms with Crippen LogP contribution in [0.5, 0.6) is 0 Å². The van der Waals surface area contributed by atoms with Gasteiger partial charge in [0, 0.05) is 6.42 Å². The highest BCUT2D eigenvalue weighted by Gasteiger charge is 2.73. The minimum absolute atomic E-state index is 0.334. The Morgan fingerprint density at radius 1 is 1.14 bits per heavy atom. The van der Waals surface area contributed by atoms with Crippen LogP contribution in [0.1, 0.15) is 27.2 Å². The lowest BCUT2D eigenvalue weighted by molar-refractivity contribution is -0.191. The molecule has 5 nitrogen and oxygen atoms in total. The molecule has 0 saturated carbocycles. The van der Waals surface area contributed by atoms with Gasteiger partial charge in [-0.15, -0.1) is 12.3 Å². The largest absolute Gasteiger partial charge is 0.465 e. The third-order valence-corrected chi connectivity index (χ3v) is 5.23. The molecule has 9 heteroatoms. The second-order valence-corrected chi connectivity index (χ2v) is 6.07. The number of halogens is 3. The Labute approximate surface area is 121 Å². The Hall–Kier alpha value is -1.03. The molecule has 0 fully saturated rings. The molecule has 0 aliphatic rings. The zero-order valence-corrected chi connectivity index (χ0v) is 12.9. The molecule has 0 aromatic rings. The fourth-order valence-corrected chi connectivity index (χ4v) is 3.73. The highest BCUT2D eigenvalue weighted by Crippen LogP contribution is 2.67. The van der Waals surface area contributed by atoms with E-state index in [1.165, 1.54) is 20.8 Å². The van der Waals surface area contributed by atoms with E-state index in [4.69, 9.17) is 15.5 Å². The van der Waals surface area contributed by atoms with E-state index in [1.807, 2.05) is 0 Å². The Morgan fingerprint density at radius 3 is 1.90 bits per heavy atom. The van der Waals surface area contributed by atoms with Gasteiger partial charge in [-0.05, 0) is 20.8 Å². The highest BCUT2D eigenvalue weighted by atomic mass is 31.2. The molecule has 0 rings (SSSR count). The predicted octanol–water partition coefficient (Wildman–Crippen LogP) is 3.14. The van der Waals surface area contributed by atoms with Crippen LogP contribution in [0.3, 0.4) is 0 Å². The van der Waals surface area contributed by atoms with Gasteiger partial charge in [0.05, 0.1) is 19.8 Å². The van der Waals surface area contributed by atoms with Gasteiger partial charge in [-0.25, -0.2) is 0 Å². The molecule has 0 amide bonds. The summed E-state index contributed by atoms with van der Waals surface area (Å²) in [6.45, 7) is 2.94. The summed E-state index contributed by atoms with van der Waals surface area (Å²) in [6, 6.07) is 0. The van der Waals surface area contributed by atoms with Crippen molar-refractivity contribution in [2.75, 3.05) is 19.8 Å². The fourth-order valence-electron chi connectivity index (χ4n) is 1.65. The predicted molar refractivity (Wildman–Crippen MR) is 69.7 cm³/mol. The minimum Gasteiger partial charge on any atom is -0.465 e. The van der Waals surface area contributed by atoms with Gasteiger partial charge in [-0.3, -0.25) is 9.36 Å². The molecule has 0 aliphatic heterocycles. The van der Waals surface area contributed by atoms with Gasteiger partial charge in [-0.1, -0.05) is 0 Å². The highest BCUT2D eigenvalue weighted by molar-refractivity contribution is 7.57. The van der Waals surface area contributed by atoms with Crippen LogP contribution in [0, 0.1) is 12.3 Å². The fraction of sp³-hybridized carbons (Fsp3) is 0.750. The molecule has 0 aliphatic carbocycles. The van der Waals surface area contributed by atoms with Crippen molar-refractivity contribution in [2.24, 2.45) is 0 Å². The van der Waals surface area contributed by atoms with Crippen molar-refractivity contribution in [3.05, 3.63) is 0 Å². The van der Waals surface area contributed by atoms with E-state index in [2.05, 4.69) is 4.74 Å². The Balaban J connectivity index is 6.27. The topological polar surface area (TPSA) is 61.8 Å². The smallest absolute Gasteiger partial charge is 0.417 e. The van der Waals surface area contributed by atoms with Gasteiger partial charge < -0.3 is 13.8 Å². The van der Waals surface area contributed by atoms with E-state index >= 15 is 0 Å². The van der Waals surface area contributed by atoms with Gasteiger partial charge in [0.15, 0.2) is 0 Å². The quantitative estimate of drug-likeness (QED) is 0.389. The van der Waals surface area contributed by atoms with Crippen molar-refractivity contribution in [3.8, 4) is 12.3 Å². The number of terminal acetylenes is 1. The second kappa shape index (κ2) is 7.83. The first-order valence-corrected chi connectivity index (χ1v) is 7.77. The van der Waals surface area contributed by atoms with Crippen molar-refractivity contribution < 1.29 is 36.3 Å². The van der Waals surface area contributed by atoms with Gasteiger partial charge >= 0.3 is 19.7 Å². The lowest BCUT2D eigenvalue weighted by Gasteiger charge is -2.36. The third kappa shape index (κ3) is 3.79. The SMILES string of the molecule is C#CCC(C(=O)OCC)(C(F)(F)F)P(=O)(OCC)OCC. The summed E-state index contributed by atoms with van der Waals surface area (Å²) in [5, 5.41) is -3.53. The van der Waals surface area contributed by atoms with Crippen LogP contribution in [0.25, 0.3) is 0 Å². The molecule has 0 aromatic carbocycles. The molecular formula is C12H18F3O5P. The number of carbonyl (C=O) groups is 1. The van der Waals surface area contributed by atoms with E-state index in [0.717, 1.165) is 0 Å². The summed E-state index contributed by atoms with van der Waals surface area (Å²) in [6.07, 6.45) is -1.52. The summed E-state index contributed by atoms with van der Waals surface area (Å²) < 4.78 is 67.1. The Morgan fingerprint density at radius 2 is 1.62 bits per heavy atom. The lowest BCUT2D eigenvalue weighted by atomic mass is 10.0. The maximum Gasteiger partial charge on any atom is 0.417 e. The first kappa shape index (κ1) is 20.0.